The second-order valence-electron chi connectivity index (χ2n) is 21.6. The van der Waals surface area contributed by atoms with Crippen LogP contribution in [0, 0.1) is 11.8 Å². The van der Waals surface area contributed by atoms with Crippen molar-refractivity contribution in [2.45, 2.75) is 209 Å². The minimum Gasteiger partial charge on any atom is -0.508 e. The van der Waals surface area contributed by atoms with Crippen LogP contribution in [0.5, 0.6) is 5.75 Å². The lowest BCUT2D eigenvalue weighted by Gasteiger charge is -2.35. The van der Waals surface area contributed by atoms with Crippen LogP contribution < -0.4 is 43.4 Å². The maximum Gasteiger partial charge on any atom is 0.248 e. The Morgan fingerprint density at radius 1 is 0.714 bits per heavy atom. The van der Waals surface area contributed by atoms with Crippen LogP contribution in [0.25, 0.3) is 0 Å². The molecular weight excluding hydrogens is 1000 g/mol. The zero-order chi connectivity index (χ0) is 57.1. The lowest BCUT2D eigenvalue weighted by atomic mass is 9.89. The number of nitrogens with two attached hydrogens (primary N) is 2. The van der Waals surface area contributed by atoms with E-state index in [1.54, 1.807) is 0 Å². The summed E-state index contributed by atoms with van der Waals surface area (Å²) >= 11 is 0. The highest BCUT2D eigenvalue weighted by atomic mass is 16.3. The summed E-state index contributed by atoms with van der Waals surface area (Å²) in [5, 5.41) is 93.9. The molecule has 0 spiro atoms. The summed E-state index contributed by atoms with van der Waals surface area (Å²) in [4.78, 5) is 102. The number of unbranched alkanes of at least 4 members (excludes halogenated alkanes) is 5. The van der Waals surface area contributed by atoms with E-state index in [1.165, 1.54) is 44.5 Å². The molecule has 16 atom stereocenters. The third-order valence-electron chi connectivity index (χ3n) is 15.3. The monoisotopic (exact) mass is 1090 g/mol. The Morgan fingerprint density at radius 2 is 1.34 bits per heavy atom. The molecule has 3 aliphatic heterocycles. The summed E-state index contributed by atoms with van der Waals surface area (Å²) in [5.41, 5.74) is 12.0. The van der Waals surface area contributed by atoms with Crippen LogP contribution in [0.15, 0.2) is 24.3 Å². The van der Waals surface area contributed by atoms with Gasteiger partial charge in [-0.15, -0.1) is 0 Å². The number of benzene rings is 1. The molecule has 0 aromatic heterocycles. The highest BCUT2D eigenvalue weighted by Gasteiger charge is 2.49. The van der Waals surface area contributed by atoms with Crippen molar-refractivity contribution in [1.29, 1.82) is 0 Å². The first kappa shape index (κ1) is 64.5. The van der Waals surface area contributed by atoms with Crippen molar-refractivity contribution in [1.82, 2.24) is 41.7 Å². The average Bonchev–Trinajstić information content (AvgIpc) is 3.99. The quantitative estimate of drug-likeness (QED) is 0.0515. The molecule has 17 N–H and O–H groups in total. The van der Waals surface area contributed by atoms with Gasteiger partial charge < -0.3 is 83.6 Å². The zero-order valence-electron chi connectivity index (χ0n) is 45.5. The minimum atomic E-state index is -1.98. The van der Waals surface area contributed by atoms with Crippen LogP contribution in [0.2, 0.25) is 0 Å². The highest BCUT2D eigenvalue weighted by Crippen LogP contribution is 2.27. The zero-order valence-corrected chi connectivity index (χ0v) is 45.5. The van der Waals surface area contributed by atoms with Gasteiger partial charge in [-0.3, -0.25) is 38.9 Å². The predicted molar refractivity (Wildman–Crippen MR) is 284 cm³/mol. The molecule has 77 heavy (non-hydrogen) atoms. The predicted octanol–water partition coefficient (Wildman–Crippen LogP) is -2.24. The number of aromatic hydroxyl groups is 1. The summed E-state index contributed by atoms with van der Waals surface area (Å²) in [6.45, 7) is 8.45. The molecule has 436 valence electrons. The Kier molecular flexibility index (Phi) is 26.4. The molecule has 3 fully saturated rings. The Balaban J connectivity index is 1.73. The van der Waals surface area contributed by atoms with Crippen LogP contribution >= 0.6 is 0 Å². The fourth-order valence-corrected chi connectivity index (χ4v) is 10.5. The fraction of sp³-hybridized carbons (Fsp3) is 0.755. The number of phenolic OH excluding ortho intramolecular Hbond substituents is 1. The largest absolute Gasteiger partial charge is 0.508 e. The second-order valence-corrected chi connectivity index (χ2v) is 21.6. The summed E-state index contributed by atoms with van der Waals surface area (Å²) < 4.78 is 0. The molecule has 7 amide bonds. The molecule has 3 aliphatic rings. The highest BCUT2D eigenvalue weighted by molar-refractivity contribution is 5.98. The van der Waals surface area contributed by atoms with Gasteiger partial charge in [-0.25, -0.2) is 0 Å². The van der Waals surface area contributed by atoms with E-state index >= 15 is 0 Å². The van der Waals surface area contributed by atoms with E-state index in [1.807, 2.05) is 0 Å². The number of phenols is 1. The summed E-state index contributed by atoms with van der Waals surface area (Å²) in [6, 6.07) is -5.06. The number of aliphatic hydroxyl groups excluding tert-OH is 6. The van der Waals surface area contributed by atoms with Gasteiger partial charge in [-0.05, 0) is 68.7 Å². The molecule has 3 saturated heterocycles. The maximum atomic E-state index is 14.6. The molecule has 0 saturated carbocycles. The molecule has 1 aromatic carbocycles. The van der Waals surface area contributed by atoms with Crippen molar-refractivity contribution in [3.05, 3.63) is 29.8 Å². The minimum absolute atomic E-state index is 0.0101. The summed E-state index contributed by atoms with van der Waals surface area (Å²) in [5.74, 6) is -6.84. The Hall–Kier alpha value is -5.05. The van der Waals surface area contributed by atoms with Crippen molar-refractivity contribution in [2.24, 2.45) is 23.3 Å². The van der Waals surface area contributed by atoms with Crippen molar-refractivity contribution < 1.29 is 69.3 Å². The van der Waals surface area contributed by atoms with E-state index in [4.69, 9.17) is 11.5 Å². The van der Waals surface area contributed by atoms with Gasteiger partial charge in [0.1, 0.15) is 48.2 Å². The van der Waals surface area contributed by atoms with E-state index in [2.05, 4.69) is 52.7 Å². The number of fused-ring (bicyclic) bond motifs is 2. The van der Waals surface area contributed by atoms with Crippen LogP contribution in [0.3, 0.4) is 0 Å². The second kappa shape index (κ2) is 31.5. The fourth-order valence-electron chi connectivity index (χ4n) is 10.5. The lowest BCUT2D eigenvalue weighted by Crippen LogP contribution is -2.65. The molecule has 1 aromatic rings. The molecule has 0 bridgehead atoms. The van der Waals surface area contributed by atoms with Gasteiger partial charge in [0.15, 0.2) is 0 Å². The molecule has 4 unspecified atom stereocenters. The van der Waals surface area contributed by atoms with Crippen molar-refractivity contribution in [3.8, 4) is 5.75 Å². The van der Waals surface area contributed by atoms with Gasteiger partial charge in [-0.2, -0.15) is 0 Å². The number of hydrogen-bond donors (Lipinski definition) is 15. The average molecular weight is 1090 g/mol. The third-order valence-corrected chi connectivity index (χ3v) is 15.3. The first-order valence-electron chi connectivity index (χ1n) is 27.7. The van der Waals surface area contributed by atoms with Gasteiger partial charge in [-0.1, -0.05) is 84.8 Å². The van der Waals surface area contributed by atoms with Gasteiger partial charge in [0.2, 0.25) is 41.4 Å². The number of aliphatic hydroxyl groups is 6. The van der Waals surface area contributed by atoms with Crippen LogP contribution in [0.4, 0.5) is 0 Å². The van der Waals surface area contributed by atoms with E-state index in [0.29, 0.717) is 23.8 Å². The van der Waals surface area contributed by atoms with Crippen molar-refractivity contribution >= 4 is 41.4 Å². The Morgan fingerprint density at radius 3 is 1.97 bits per heavy atom. The molecule has 3 heterocycles. The van der Waals surface area contributed by atoms with E-state index in [0.717, 1.165) is 54.7 Å². The number of carbonyl (C=O) groups excluding carboxylic acids is 7. The van der Waals surface area contributed by atoms with Gasteiger partial charge in [0, 0.05) is 51.4 Å². The lowest BCUT2D eigenvalue weighted by molar-refractivity contribution is -0.147. The smallest absolute Gasteiger partial charge is 0.248 e. The van der Waals surface area contributed by atoms with Gasteiger partial charge in [0.25, 0.3) is 0 Å². The number of carbonyl (C=O) groups is 7. The summed E-state index contributed by atoms with van der Waals surface area (Å²) in [7, 11) is 0. The normalized spacial score (nSPS) is 28.6. The van der Waals surface area contributed by atoms with E-state index in [-0.39, 0.29) is 51.2 Å². The van der Waals surface area contributed by atoms with Crippen LogP contribution in [-0.2, 0) is 33.6 Å². The van der Waals surface area contributed by atoms with Crippen LogP contribution in [0.1, 0.15) is 136 Å². The number of nitrogens with one attached hydrogen (secondary N) is 6. The molecular formula is C53H90N10O14. The topological polar surface area (TPSA) is 392 Å². The number of rotatable bonds is 23. The molecule has 0 radical (unpaired) electrons. The SMILES string of the molecule is CCC(C)CC(C)CCCCCCCCC(=O)NC1C[C@@H](O)[C@@H](NCCN)NC(=O)[C@@H]2[C@@H](O)CCN2C(=O)[C@H]([C@H](O)CCN)NC(=O)C([C@@H](O)[C@H](C)c2ccc(O)cc2)NC(=O)[C@@H]2C[C@@H](O)CN2C(=O)[C@H]([C@@H](C)O)NC1=O. The first-order valence-corrected chi connectivity index (χ1v) is 27.7. The third kappa shape index (κ3) is 18.8. The maximum absolute atomic E-state index is 14.6. The van der Waals surface area contributed by atoms with E-state index in [9.17, 15) is 69.3 Å². The molecule has 4 rings (SSSR count). The molecule has 0 aliphatic carbocycles. The van der Waals surface area contributed by atoms with Gasteiger partial charge >= 0.3 is 0 Å². The molecule has 24 heteroatoms. The van der Waals surface area contributed by atoms with Crippen molar-refractivity contribution in [2.75, 3.05) is 32.7 Å². The van der Waals surface area contributed by atoms with Crippen molar-refractivity contribution in [3.63, 3.8) is 0 Å². The number of nitrogens with zero attached hydrogens (tertiary/aromatic N) is 2. The Labute approximate surface area is 452 Å². The first-order chi connectivity index (χ1) is 36.5. The summed E-state index contributed by atoms with van der Waals surface area (Å²) in [6.07, 6.45) is -4.02. The van der Waals surface area contributed by atoms with Crippen LogP contribution in [-0.4, -0.2) is 199 Å². The standard InChI is InChI=1S/C53H90N10O14/c1-6-29(2)25-30(3)13-11-9-7-8-10-12-14-41(70)57-36-27-40(69)47(56-23-22-55)61-51(75)45-39(68)20-24-62(45)53(77)43(38(67)19-21-54)59-50(74)44(46(71)31(4)33-15-17-34(65)18-16-33)60-49(73)37-26-35(66)28-63(37)52(76)42(32(5)64)58-48(36)72/h15-18,29-32,35-40,42-47,56,64-69,71H,6-14,19-28,54-55H2,1-5H3,(H,57,70)(H,58,72)(H,59,74)(H,60,73)(H,61,75)/t29?,30?,31-,32-,35-,36?,37+,38-,39+,40-,42+,43+,44?,45+,46+,47+/m1/s1. The number of hydrogen-bond acceptors (Lipinski definition) is 17. The van der Waals surface area contributed by atoms with Gasteiger partial charge in [0.05, 0.1) is 36.6 Å². The Bertz CT molecular complexity index is 2070. The van der Waals surface area contributed by atoms with E-state index < -0.39 is 146 Å². The molecule has 24 nitrogen and oxygen atoms in total. The number of amides is 7.